The predicted molar refractivity (Wildman–Crippen MR) is 137 cm³/mol. The maximum Gasteiger partial charge on any atom is 0.267 e. The largest absolute Gasteiger partial charge is 0.293 e. The number of rotatable bonds is 6. The number of thiophene rings is 1. The van der Waals surface area contributed by atoms with E-state index in [1.807, 2.05) is 54.6 Å². The average Bonchev–Trinajstić information content (AvgIpc) is 3.20. The summed E-state index contributed by atoms with van der Waals surface area (Å²) < 4.78 is 1.69. The van der Waals surface area contributed by atoms with Crippen LogP contribution in [0.4, 0.5) is 0 Å². The second kappa shape index (κ2) is 9.27. The number of hydrogen-bond donors (Lipinski definition) is 0. The Bertz CT molecular complexity index is 1370. The molecule has 168 valence electrons. The highest BCUT2D eigenvalue weighted by molar-refractivity contribution is 7.99. The quantitative estimate of drug-likeness (QED) is 0.192. The van der Waals surface area contributed by atoms with Crippen LogP contribution in [-0.2, 0) is 19.3 Å². The maximum atomic E-state index is 13.8. The number of carbonyl (C=O) groups is 1. The van der Waals surface area contributed by atoms with Crippen molar-refractivity contribution in [2.75, 3.05) is 5.75 Å². The van der Waals surface area contributed by atoms with Gasteiger partial charge in [-0.05, 0) is 54.9 Å². The fourth-order valence-corrected chi connectivity index (χ4v) is 6.74. The molecule has 0 aliphatic heterocycles. The summed E-state index contributed by atoms with van der Waals surface area (Å²) >= 11 is 2.99. The van der Waals surface area contributed by atoms with Crippen LogP contribution < -0.4 is 5.56 Å². The van der Waals surface area contributed by atoms with Crippen molar-refractivity contribution in [2.24, 2.45) is 5.92 Å². The van der Waals surface area contributed by atoms with Crippen molar-refractivity contribution in [2.45, 2.75) is 44.7 Å². The highest BCUT2D eigenvalue weighted by Gasteiger charge is 2.25. The van der Waals surface area contributed by atoms with E-state index in [0.717, 1.165) is 41.6 Å². The number of para-hydroxylation sites is 1. The first-order chi connectivity index (χ1) is 16.0. The lowest BCUT2D eigenvalue weighted by molar-refractivity contribution is 0.102. The molecule has 1 unspecified atom stereocenters. The molecule has 0 amide bonds. The van der Waals surface area contributed by atoms with Gasteiger partial charge in [0.2, 0.25) is 0 Å². The molecule has 0 spiro atoms. The van der Waals surface area contributed by atoms with Crippen molar-refractivity contribution in [3.8, 4) is 5.69 Å². The summed E-state index contributed by atoms with van der Waals surface area (Å²) in [5, 5.41) is 1.33. The molecule has 33 heavy (non-hydrogen) atoms. The number of fused-ring (bicyclic) bond motifs is 3. The van der Waals surface area contributed by atoms with Crippen LogP contribution >= 0.6 is 23.1 Å². The van der Waals surface area contributed by atoms with E-state index in [1.54, 1.807) is 15.9 Å². The van der Waals surface area contributed by atoms with E-state index < -0.39 is 0 Å². The van der Waals surface area contributed by atoms with Crippen LogP contribution in [0.15, 0.2) is 64.5 Å². The van der Waals surface area contributed by atoms with Crippen LogP contribution in [0, 0.1) is 5.92 Å². The molecular formula is C27H26N2O2S2. The van der Waals surface area contributed by atoms with Gasteiger partial charge in [-0.2, -0.15) is 0 Å². The number of benzene rings is 2. The molecule has 1 aliphatic carbocycles. The summed E-state index contributed by atoms with van der Waals surface area (Å²) in [6, 6.07) is 17.4. The minimum Gasteiger partial charge on any atom is -0.293 e. The first kappa shape index (κ1) is 22.1. The molecule has 2 aromatic carbocycles. The van der Waals surface area contributed by atoms with E-state index in [-0.39, 0.29) is 17.1 Å². The number of hydrogen-bond acceptors (Lipinski definition) is 5. The minimum atomic E-state index is -0.0273. The average molecular weight is 475 g/mol. The van der Waals surface area contributed by atoms with Crippen molar-refractivity contribution < 1.29 is 4.79 Å². The first-order valence-corrected chi connectivity index (χ1v) is 13.2. The lowest BCUT2D eigenvalue weighted by Gasteiger charge is -2.17. The van der Waals surface area contributed by atoms with Crippen LogP contribution in [0.2, 0.25) is 0 Å². The Labute approximate surface area is 201 Å². The van der Waals surface area contributed by atoms with E-state index in [1.165, 1.54) is 27.8 Å². The zero-order valence-electron chi connectivity index (χ0n) is 18.8. The number of aromatic nitrogens is 2. The number of carbonyl (C=O) groups excluding carboxylic acids is 1. The summed E-state index contributed by atoms with van der Waals surface area (Å²) in [6.07, 6.45) is 3.99. The van der Waals surface area contributed by atoms with Gasteiger partial charge >= 0.3 is 0 Å². The van der Waals surface area contributed by atoms with Crippen LogP contribution in [0.5, 0.6) is 0 Å². The van der Waals surface area contributed by atoms with Gasteiger partial charge in [0.1, 0.15) is 4.83 Å². The van der Waals surface area contributed by atoms with Crippen molar-refractivity contribution >= 4 is 39.1 Å². The smallest absolute Gasteiger partial charge is 0.267 e. The Morgan fingerprint density at radius 1 is 1.15 bits per heavy atom. The van der Waals surface area contributed by atoms with E-state index in [0.29, 0.717) is 16.6 Å². The van der Waals surface area contributed by atoms with Gasteiger partial charge in [0.05, 0.1) is 16.8 Å². The Balaban J connectivity index is 1.55. The zero-order valence-corrected chi connectivity index (χ0v) is 20.5. The van der Waals surface area contributed by atoms with E-state index in [9.17, 15) is 9.59 Å². The van der Waals surface area contributed by atoms with Gasteiger partial charge in [0, 0.05) is 10.4 Å². The molecule has 1 aliphatic rings. The van der Waals surface area contributed by atoms with Gasteiger partial charge in [0.25, 0.3) is 5.56 Å². The lowest BCUT2D eigenvalue weighted by atomic mass is 9.89. The van der Waals surface area contributed by atoms with Crippen LogP contribution in [0.3, 0.4) is 0 Å². The number of aryl methyl sites for hydroxylation is 2. The molecule has 0 fully saturated rings. The Morgan fingerprint density at radius 3 is 2.64 bits per heavy atom. The fraction of sp³-hybridized carbons (Fsp3) is 0.296. The number of nitrogens with zero attached hydrogens (tertiary/aromatic N) is 2. The number of ketones is 1. The third-order valence-corrected chi connectivity index (χ3v) is 8.42. The zero-order chi connectivity index (χ0) is 22.9. The van der Waals surface area contributed by atoms with Crippen LogP contribution in [-0.4, -0.2) is 21.1 Å². The van der Waals surface area contributed by atoms with Crippen molar-refractivity contribution in [1.82, 2.24) is 9.55 Å². The summed E-state index contributed by atoms with van der Waals surface area (Å²) in [5.41, 5.74) is 3.83. The minimum absolute atomic E-state index is 0.0273. The molecule has 0 saturated heterocycles. The predicted octanol–water partition coefficient (Wildman–Crippen LogP) is 6.11. The Morgan fingerprint density at radius 2 is 1.91 bits per heavy atom. The van der Waals surface area contributed by atoms with E-state index >= 15 is 0 Å². The van der Waals surface area contributed by atoms with Gasteiger partial charge < -0.3 is 0 Å². The highest BCUT2D eigenvalue weighted by atomic mass is 32.2. The first-order valence-electron chi connectivity index (χ1n) is 11.4. The van der Waals surface area contributed by atoms with E-state index in [4.69, 9.17) is 4.98 Å². The summed E-state index contributed by atoms with van der Waals surface area (Å²) in [4.78, 5) is 33.7. The van der Waals surface area contributed by atoms with Crippen LogP contribution in [0.1, 0.15) is 46.6 Å². The molecule has 0 radical (unpaired) electrons. The second-order valence-corrected chi connectivity index (χ2v) is 10.7. The molecule has 0 saturated carbocycles. The van der Waals surface area contributed by atoms with Crippen molar-refractivity contribution in [3.05, 3.63) is 86.5 Å². The molecule has 2 heterocycles. The molecule has 0 N–H and O–H groups in total. The third-order valence-electron chi connectivity index (χ3n) is 6.33. The SMILES string of the molecule is CCc1ccc(C(=O)CSc2nc3sc4c(c3c(=O)n2-c2ccccc2)CCC(C)C4)cc1. The van der Waals surface area contributed by atoms with Crippen LogP contribution in [0.25, 0.3) is 15.9 Å². The summed E-state index contributed by atoms with van der Waals surface area (Å²) in [5.74, 6) is 0.904. The molecule has 1 atom stereocenters. The van der Waals surface area contributed by atoms with Gasteiger partial charge in [-0.15, -0.1) is 11.3 Å². The third kappa shape index (κ3) is 4.30. The Hall–Kier alpha value is -2.70. The fourth-order valence-electron chi connectivity index (χ4n) is 4.41. The molecule has 6 heteroatoms. The lowest BCUT2D eigenvalue weighted by Crippen LogP contribution is -2.23. The van der Waals surface area contributed by atoms with Crippen molar-refractivity contribution in [1.29, 1.82) is 0 Å². The molecule has 0 bridgehead atoms. The number of thioether (sulfide) groups is 1. The molecule has 2 aromatic heterocycles. The van der Waals surface area contributed by atoms with E-state index in [2.05, 4.69) is 13.8 Å². The summed E-state index contributed by atoms with van der Waals surface area (Å²) in [6.45, 7) is 4.36. The number of Topliss-reactive ketones (excluding diaryl/α,β-unsaturated/α-hetero) is 1. The molecule has 4 nitrogen and oxygen atoms in total. The Kier molecular flexibility index (Phi) is 6.21. The highest BCUT2D eigenvalue weighted by Crippen LogP contribution is 2.37. The molecular weight excluding hydrogens is 448 g/mol. The molecule has 4 aromatic rings. The molecule has 5 rings (SSSR count). The summed E-state index contributed by atoms with van der Waals surface area (Å²) in [7, 11) is 0. The normalized spacial score (nSPS) is 15.5. The van der Waals surface area contributed by atoms with Gasteiger partial charge in [-0.1, -0.05) is 68.1 Å². The van der Waals surface area contributed by atoms with Crippen molar-refractivity contribution in [3.63, 3.8) is 0 Å². The topological polar surface area (TPSA) is 52.0 Å². The second-order valence-electron chi connectivity index (χ2n) is 8.66. The van der Waals surface area contributed by atoms with Gasteiger partial charge in [0.15, 0.2) is 10.9 Å². The van der Waals surface area contributed by atoms with Gasteiger partial charge in [-0.25, -0.2) is 4.98 Å². The standard InChI is InChI=1S/C27H26N2O2S2/c1-3-18-10-12-19(13-11-18)22(30)16-32-27-28-25-24(21-14-9-17(2)15-23(21)33-25)26(31)29(27)20-7-5-4-6-8-20/h4-8,10-13,17H,3,9,14-16H2,1-2H3. The monoisotopic (exact) mass is 474 g/mol. The van der Waals surface area contributed by atoms with Gasteiger partial charge in [-0.3, -0.25) is 14.2 Å². The maximum absolute atomic E-state index is 13.8.